The van der Waals surface area contributed by atoms with Gasteiger partial charge < -0.3 is 14.8 Å². The van der Waals surface area contributed by atoms with Gasteiger partial charge in [-0.3, -0.25) is 0 Å². The molecule has 1 unspecified atom stereocenters. The van der Waals surface area contributed by atoms with E-state index in [1.54, 1.807) is 12.5 Å². The minimum Gasteiger partial charge on any atom is -0.472 e. The second-order valence-corrected chi connectivity index (χ2v) is 4.51. The number of hydrogen-bond donors (Lipinski definition) is 2. The SMILES string of the molecule is CC(N[C@H](CO)Cc1ccccc1)c1ccoc1. The van der Waals surface area contributed by atoms with Crippen LogP contribution in [0.5, 0.6) is 0 Å². The molecule has 1 aromatic heterocycles. The highest BCUT2D eigenvalue weighted by atomic mass is 16.3. The van der Waals surface area contributed by atoms with Crippen molar-refractivity contribution < 1.29 is 9.52 Å². The van der Waals surface area contributed by atoms with Gasteiger partial charge in [0.25, 0.3) is 0 Å². The molecule has 1 aromatic carbocycles. The molecule has 18 heavy (non-hydrogen) atoms. The predicted molar refractivity (Wildman–Crippen MR) is 71.3 cm³/mol. The zero-order chi connectivity index (χ0) is 12.8. The predicted octanol–water partition coefficient (Wildman–Crippen LogP) is 2.53. The Morgan fingerprint density at radius 1 is 1.22 bits per heavy atom. The molecule has 2 atom stereocenters. The molecule has 1 heterocycles. The molecule has 0 bridgehead atoms. The highest BCUT2D eigenvalue weighted by Gasteiger charge is 2.13. The molecule has 0 amide bonds. The van der Waals surface area contributed by atoms with Gasteiger partial charge in [0.1, 0.15) is 0 Å². The van der Waals surface area contributed by atoms with E-state index in [0.717, 1.165) is 12.0 Å². The van der Waals surface area contributed by atoms with Crippen molar-refractivity contribution in [3.63, 3.8) is 0 Å². The number of aliphatic hydroxyl groups is 1. The molecule has 0 aliphatic heterocycles. The van der Waals surface area contributed by atoms with Crippen LogP contribution in [0.25, 0.3) is 0 Å². The second-order valence-electron chi connectivity index (χ2n) is 4.51. The highest BCUT2D eigenvalue weighted by molar-refractivity contribution is 5.16. The van der Waals surface area contributed by atoms with Crippen molar-refractivity contribution >= 4 is 0 Å². The molecule has 0 aliphatic rings. The number of furan rings is 1. The van der Waals surface area contributed by atoms with Crippen LogP contribution in [0.15, 0.2) is 53.3 Å². The van der Waals surface area contributed by atoms with Crippen molar-refractivity contribution in [1.82, 2.24) is 5.32 Å². The number of aliphatic hydroxyl groups excluding tert-OH is 1. The summed E-state index contributed by atoms with van der Waals surface area (Å²) in [6.07, 6.45) is 4.22. The average Bonchev–Trinajstić information content (AvgIpc) is 2.93. The smallest absolute Gasteiger partial charge is 0.0950 e. The van der Waals surface area contributed by atoms with Gasteiger partial charge in [-0.1, -0.05) is 30.3 Å². The van der Waals surface area contributed by atoms with Gasteiger partial charge in [0.15, 0.2) is 0 Å². The quantitative estimate of drug-likeness (QED) is 0.822. The summed E-state index contributed by atoms with van der Waals surface area (Å²) in [5.41, 5.74) is 2.32. The normalized spacial score (nSPS) is 14.3. The maximum absolute atomic E-state index is 9.45. The molecule has 96 valence electrons. The van der Waals surface area contributed by atoms with Gasteiger partial charge in [-0.2, -0.15) is 0 Å². The number of rotatable bonds is 6. The van der Waals surface area contributed by atoms with E-state index >= 15 is 0 Å². The van der Waals surface area contributed by atoms with Gasteiger partial charge in [0.2, 0.25) is 0 Å². The Hall–Kier alpha value is -1.58. The number of benzene rings is 1. The summed E-state index contributed by atoms with van der Waals surface area (Å²) in [5.74, 6) is 0. The first-order valence-corrected chi connectivity index (χ1v) is 6.22. The van der Waals surface area contributed by atoms with Gasteiger partial charge in [-0.25, -0.2) is 0 Å². The fourth-order valence-corrected chi connectivity index (χ4v) is 2.05. The Balaban J connectivity index is 1.93. The molecule has 3 heteroatoms. The fraction of sp³-hybridized carbons (Fsp3) is 0.333. The molecule has 2 aromatic rings. The highest BCUT2D eigenvalue weighted by Crippen LogP contribution is 2.14. The van der Waals surface area contributed by atoms with Gasteiger partial charge in [-0.05, 0) is 25.0 Å². The number of nitrogens with one attached hydrogen (secondary N) is 1. The van der Waals surface area contributed by atoms with E-state index in [1.807, 2.05) is 24.3 Å². The van der Waals surface area contributed by atoms with Crippen LogP contribution >= 0.6 is 0 Å². The standard InChI is InChI=1S/C15H19NO2/c1-12(14-7-8-18-11-14)16-15(10-17)9-13-5-3-2-4-6-13/h2-8,11-12,15-17H,9-10H2,1H3/t12?,15-/m0/s1. The van der Waals surface area contributed by atoms with E-state index < -0.39 is 0 Å². The second kappa shape index (κ2) is 6.38. The molecule has 2 N–H and O–H groups in total. The molecule has 0 saturated heterocycles. The summed E-state index contributed by atoms with van der Waals surface area (Å²) in [5, 5.41) is 12.9. The lowest BCUT2D eigenvalue weighted by atomic mass is 10.0. The Morgan fingerprint density at radius 2 is 2.00 bits per heavy atom. The minimum absolute atomic E-state index is 0.0531. The first-order chi connectivity index (χ1) is 8.79. The van der Waals surface area contributed by atoms with Crippen LogP contribution in [-0.2, 0) is 6.42 Å². The summed E-state index contributed by atoms with van der Waals surface area (Å²) >= 11 is 0. The summed E-state index contributed by atoms with van der Waals surface area (Å²) in [6.45, 7) is 2.19. The molecule has 0 spiro atoms. The Morgan fingerprint density at radius 3 is 2.61 bits per heavy atom. The van der Waals surface area contributed by atoms with Gasteiger partial charge in [-0.15, -0.1) is 0 Å². The third-order valence-corrected chi connectivity index (χ3v) is 3.07. The van der Waals surface area contributed by atoms with Crippen molar-refractivity contribution in [1.29, 1.82) is 0 Å². The van der Waals surface area contributed by atoms with Crippen molar-refractivity contribution in [2.75, 3.05) is 6.61 Å². The van der Waals surface area contributed by atoms with Crippen LogP contribution in [0.2, 0.25) is 0 Å². The minimum atomic E-state index is 0.0531. The lowest BCUT2D eigenvalue weighted by molar-refractivity contribution is 0.232. The van der Waals surface area contributed by atoms with E-state index in [-0.39, 0.29) is 18.7 Å². The first-order valence-electron chi connectivity index (χ1n) is 6.22. The molecular formula is C15H19NO2. The molecule has 3 nitrogen and oxygen atoms in total. The molecule has 0 aliphatic carbocycles. The van der Waals surface area contributed by atoms with E-state index in [0.29, 0.717) is 0 Å². The van der Waals surface area contributed by atoms with E-state index in [4.69, 9.17) is 4.42 Å². The van der Waals surface area contributed by atoms with Crippen molar-refractivity contribution in [3.05, 3.63) is 60.1 Å². The Bertz CT molecular complexity index is 439. The van der Waals surface area contributed by atoms with Crippen molar-refractivity contribution in [2.24, 2.45) is 0 Å². The van der Waals surface area contributed by atoms with E-state index in [1.165, 1.54) is 5.56 Å². The molecular weight excluding hydrogens is 226 g/mol. The summed E-state index contributed by atoms with van der Waals surface area (Å²) < 4.78 is 5.07. The third kappa shape index (κ3) is 3.45. The van der Waals surface area contributed by atoms with E-state index in [2.05, 4.69) is 24.4 Å². The number of hydrogen-bond acceptors (Lipinski definition) is 3. The fourth-order valence-electron chi connectivity index (χ4n) is 2.05. The molecule has 0 fully saturated rings. The summed E-state index contributed by atoms with van der Waals surface area (Å²) in [7, 11) is 0. The van der Waals surface area contributed by atoms with Crippen LogP contribution < -0.4 is 5.32 Å². The summed E-state index contributed by atoms with van der Waals surface area (Å²) in [4.78, 5) is 0. The zero-order valence-electron chi connectivity index (χ0n) is 10.5. The van der Waals surface area contributed by atoms with Crippen LogP contribution in [0.4, 0.5) is 0 Å². The topological polar surface area (TPSA) is 45.4 Å². The van der Waals surface area contributed by atoms with Crippen LogP contribution in [-0.4, -0.2) is 17.8 Å². The van der Waals surface area contributed by atoms with Crippen LogP contribution in [0.1, 0.15) is 24.1 Å². The Kier molecular flexibility index (Phi) is 4.56. The Labute approximate surface area is 107 Å². The van der Waals surface area contributed by atoms with Gasteiger partial charge in [0.05, 0.1) is 19.1 Å². The van der Waals surface area contributed by atoms with Gasteiger partial charge >= 0.3 is 0 Å². The first kappa shape index (κ1) is 12.9. The van der Waals surface area contributed by atoms with Crippen LogP contribution in [0.3, 0.4) is 0 Å². The largest absolute Gasteiger partial charge is 0.472 e. The van der Waals surface area contributed by atoms with Crippen molar-refractivity contribution in [3.8, 4) is 0 Å². The molecule has 2 rings (SSSR count). The van der Waals surface area contributed by atoms with E-state index in [9.17, 15) is 5.11 Å². The maximum atomic E-state index is 9.45. The molecule has 0 radical (unpaired) electrons. The summed E-state index contributed by atoms with van der Waals surface area (Å²) in [6, 6.07) is 12.3. The zero-order valence-corrected chi connectivity index (χ0v) is 10.5. The molecule has 0 saturated carbocycles. The average molecular weight is 245 g/mol. The lowest BCUT2D eigenvalue weighted by Gasteiger charge is -2.21. The van der Waals surface area contributed by atoms with Gasteiger partial charge in [0, 0.05) is 17.6 Å². The lowest BCUT2D eigenvalue weighted by Crippen LogP contribution is -2.36. The maximum Gasteiger partial charge on any atom is 0.0950 e. The van der Waals surface area contributed by atoms with Crippen LogP contribution in [0, 0.1) is 0 Å². The third-order valence-electron chi connectivity index (χ3n) is 3.07. The van der Waals surface area contributed by atoms with Crippen molar-refractivity contribution in [2.45, 2.75) is 25.4 Å². The monoisotopic (exact) mass is 245 g/mol.